The zero-order valence-corrected chi connectivity index (χ0v) is 13.2. The Morgan fingerprint density at radius 1 is 0.955 bits per heavy atom. The number of alkyl halides is 3. The van der Waals surface area contributed by atoms with E-state index in [1.807, 2.05) is 6.08 Å². The molecule has 126 valence electrons. The van der Waals surface area contributed by atoms with Crippen LogP contribution in [0, 0.1) is 17.8 Å². The zero-order valence-electron chi connectivity index (χ0n) is 13.2. The van der Waals surface area contributed by atoms with E-state index in [4.69, 9.17) is 4.74 Å². The molecule has 0 radical (unpaired) electrons. The van der Waals surface area contributed by atoms with Crippen molar-refractivity contribution in [2.24, 2.45) is 17.8 Å². The standard InChI is InChI=1S/C18H27F3O/c1-2-3-4-5-6-14-7-9-15(10-8-14)16-11-12-17(22-13-16)18(19,20)21/h2,5-6,14-17H,1,3-4,7-13H2/b6-5+. The van der Waals surface area contributed by atoms with Gasteiger partial charge in [-0.1, -0.05) is 18.2 Å². The van der Waals surface area contributed by atoms with Gasteiger partial charge in [-0.3, -0.25) is 0 Å². The molecule has 0 N–H and O–H groups in total. The second kappa shape index (κ2) is 8.19. The number of hydrogen-bond donors (Lipinski definition) is 0. The van der Waals surface area contributed by atoms with Crippen LogP contribution in [0.5, 0.6) is 0 Å². The SMILES string of the molecule is C=CCC/C=C/C1CCC(C2CCC(C(F)(F)F)OC2)CC1. The highest BCUT2D eigenvalue weighted by molar-refractivity contribution is 4.93. The van der Waals surface area contributed by atoms with Crippen molar-refractivity contribution in [2.45, 2.75) is 63.6 Å². The Balaban J connectivity index is 1.69. The Morgan fingerprint density at radius 3 is 2.18 bits per heavy atom. The fourth-order valence-electron chi connectivity index (χ4n) is 3.71. The second-order valence-corrected chi connectivity index (χ2v) is 6.67. The average molecular weight is 316 g/mol. The summed E-state index contributed by atoms with van der Waals surface area (Å²) in [5.41, 5.74) is 0. The van der Waals surface area contributed by atoms with E-state index in [2.05, 4.69) is 18.7 Å². The zero-order chi connectivity index (χ0) is 16.0. The fourth-order valence-corrected chi connectivity index (χ4v) is 3.71. The molecule has 1 saturated heterocycles. The van der Waals surface area contributed by atoms with Crippen molar-refractivity contribution in [1.29, 1.82) is 0 Å². The molecule has 0 aromatic carbocycles. The van der Waals surface area contributed by atoms with E-state index < -0.39 is 12.3 Å². The monoisotopic (exact) mass is 316 g/mol. The molecule has 2 rings (SSSR count). The lowest BCUT2D eigenvalue weighted by Gasteiger charge is -2.37. The van der Waals surface area contributed by atoms with Gasteiger partial charge in [0.1, 0.15) is 0 Å². The van der Waals surface area contributed by atoms with E-state index in [-0.39, 0.29) is 13.0 Å². The summed E-state index contributed by atoms with van der Waals surface area (Å²) < 4.78 is 42.9. The molecule has 1 nitrogen and oxygen atoms in total. The normalized spacial score (nSPS) is 34.0. The lowest BCUT2D eigenvalue weighted by molar-refractivity contribution is -0.238. The van der Waals surface area contributed by atoms with Crippen molar-refractivity contribution in [1.82, 2.24) is 0 Å². The van der Waals surface area contributed by atoms with Crippen LogP contribution < -0.4 is 0 Å². The van der Waals surface area contributed by atoms with Crippen molar-refractivity contribution in [3.05, 3.63) is 24.8 Å². The molecule has 0 spiro atoms. The highest BCUT2D eigenvalue weighted by Gasteiger charge is 2.44. The predicted molar refractivity (Wildman–Crippen MR) is 82.5 cm³/mol. The van der Waals surface area contributed by atoms with Crippen LogP contribution in [0.25, 0.3) is 0 Å². The second-order valence-electron chi connectivity index (χ2n) is 6.67. The van der Waals surface area contributed by atoms with Crippen molar-refractivity contribution in [3.63, 3.8) is 0 Å². The third-order valence-electron chi connectivity index (χ3n) is 5.11. The first-order valence-electron chi connectivity index (χ1n) is 8.46. The van der Waals surface area contributed by atoms with E-state index in [0.29, 0.717) is 24.2 Å². The van der Waals surface area contributed by atoms with Gasteiger partial charge < -0.3 is 4.74 Å². The minimum Gasteiger partial charge on any atom is -0.368 e. The van der Waals surface area contributed by atoms with Crippen LogP contribution in [-0.2, 0) is 4.74 Å². The molecule has 1 saturated carbocycles. The van der Waals surface area contributed by atoms with Crippen LogP contribution in [0.15, 0.2) is 24.8 Å². The number of allylic oxidation sites excluding steroid dienone is 3. The number of unbranched alkanes of at least 4 members (excludes halogenated alkanes) is 1. The van der Waals surface area contributed by atoms with Gasteiger partial charge in [-0.15, -0.1) is 6.58 Å². The Hall–Kier alpha value is -0.770. The summed E-state index contributed by atoms with van der Waals surface area (Å²) in [5, 5.41) is 0. The molecule has 1 aliphatic heterocycles. The molecule has 0 bridgehead atoms. The summed E-state index contributed by atoms with van der Waals surface area (Å²) >= 11 is 0. The summed E-state index contributed by atoms with van der Waals surface area (Å²) in [7, 11) is 0. The van der Waals surface area contributed by atoms with Crippen LogP contribution >= 0.6 is 0 Å². The molecule has 1 aliphatic carbocycles. The third-order valence-corrected chi connectivity index (χ3v) is 5.11. The first kappa shape index (κ1) is 17.6. The molecule has 2 unspecified atom stereocenters. The smallest absolute Gasteiger partial charge is 0.368 e. The molecular formula is C18H27F3O. The van der Waals surface area contributed by atoms with Crippen molar-refractivity contribution in [2.75, 3.05) is 6.61 Å². The summed E-state index contributed by atoms with van der Waals surface area (Å²) in [6.45, 7) is 4.00. The average Bonchev–Trinajstić information content (AvgIpc) is 2.51. The van der Waals surface area contributed by atoms with Crippen molar-refractivity contribution in [3.8, 4) is 0 Å². The molecule has 2 atom stereocenters. The van der Waals surface area contributed by atoms with Gasteiger partial charge in [0.05, 0.1) is 6.61 Å². The molecular weight excluding hydrogens is 289 g/mol. The Morgan fingerprint density at radius 2 is 1.64 bits per heavy atom. The topological polar surface area (TPSA) is 9.23 Å². The van der Waals surface area contributed by atoms with Crippen molar-refractivity contribution < 1.29 is 17.9 Å². The number of ether oxygens (including phenoxy) is 1. The largest absolute Gasteiger partial charge is 0.414 e. The molecule has 0 amide bonds. The van der Waals surface area contributed by atoms with E-state index in [1.54, 1.807) is 0 Å². The summed E-state index contributed by atoms with van der Waals surface area (Å²) in [5.74, 6) is 1.52. The Bertz CT molecular complexity index is 359. The molecule has 4 heteroatoms. The van der Waals surface area contributed by atoms with Crippen LogP contribution in [0.2, 0.25) is 0 Å². The van der Waals surface area contributed by atoms with Gasteiger partial charge in [-0.2, -0.15) is 13.2 Å². The van der Waals surface area contributed by atoms with E-state index >= 15 is 0 Å². The van der Waals surface area contributed by atoms with E-state index in [0.717, 1.165) is 38.5 Å². The highest BCUT2D eigenvalue weighted by atomic mass is 19.4. The summed E-state index contributed by atoms with van der Waals surface area (Å²) in [6.07, 6.45) is 8.20. The Labute approximate surface area is 131 Å². The maximum Gasteiger partial charge on any atom is 0.414 e. The van der Waals surface area contributed by atoms with Gasteiger partial charge in [0, 0.05) is 0 Å². The molecule has 0 aromatic rings. The Kier molecular flexibility index (Phi) is 6.54. The van der Waals surface area contributed by atoms with Crippen LogP contribution in [-0.4, -0.2) is 18.9 Å². The molecule has 22 heavy (non-hydrogen) atoms. The van der Waals surface area contributed by atoms with Gasteiger partial charge in [-0.25, -0.2) is 0 Å². The fraction of sp³-hybridized carbons (Fsp3) is 0.778. The highest BCUT2D eigenvalue weighted by Crippen LogP contribution is 2.40. The minimum atomic E-state index is -4.20. The van der Waals surface area contributed by atoms with Gasteiger partial charge in [0.15, 0.2) is 6.10 Å². The molecule has 2 fully saturated rings. The van der Waals surface area contributed by atoms with Crippen molar-refractivity contribution >= 4 is 0 Å². The maximum atomic E-state index is 12.6. The van der Waals surface area contributed by atoms with E-state index in [1.165, 1.54) is 0 Å². The summed E-state index contributed by atoms with van der Waals surface area (Å²) in [6, 6.07) is 0. The maximum absolute atomic E-state index is 12.6. The van der Waals surface area contributed by atoms with Crippen LogP contribution in [0.4, 0.5) is 13.2 Å². The number of hydrogen-bond acceptors (Lipinski definition) is 1. The van der Waals surface area contributed by atoms with Crippen LogP contribution in [0.1, 0.15) is 51.4 Å². The van der Waals surface area contributed by atoms with Gasteiger partial charge in [0.2, 0.25) is 0 Å². The number of rotatable bonds is 5. The third kappa shape index (κ3) is 5.15. The molecule has 1 heterocycles. The lowest BCUT2D eigenvalue weighted by atomic mass is 9.73. The quantitative estimate of drug-likeness (QED) is 0.469. The predicted octanol–water partition coefficient (Wildman–Crippen LogP) is 5.67. The first-order valence-corrected chi connectivity index (χ1v) is 8.46. The lowest BCUT2D eigenvalue weighted by Crippen LogP contribution is -2.39. The molecule has 2 aliphatic rings. The van der Waals surface area contributed by atoms with E-state index in [9.17, 15) is 13.2 Å². The van der Waals surface area contributed by atoms with Crippen LogP contribution in [0.3, 0.4) is 0 Å². The van der Waals surface area contributed by atoms with Gasteiger partial charge >= 0.3 is 6.18 Å². The van der Waals surface area contributed by atoms with Gasteiger partial charge in [0.25, 0.3) is 0 Å². The minimum absolute atomic E-state index is 0.134. The molecule has 0 aromatic heterocycles. The summed E-state index contributed by atoms with van der Waals surface area (Å²) in [4.78, 5) is 0. The van der Waals surface area contributed by atoms with Gasteiger partial charge in [-0.05, 0) is 69.1 Å². The first-order chi connectivity index (χ1) is 10.5. The number of halogens is 3.